The predicted molar refractivity (Wildman–Crippen MR) is 87.8 cm³/mol. The maximum Gasteiger partial charge on any atom is 0.302 e. The minimum Gasteiger partial charge on any atom is -0.466 e. The normalized spacial score (nSPS) is 13.0. The lowest BCUT2D eigenvalue weighted by Gasteiger charge is -2.24. The van der Waals surface area contributed by atoms with Gasteiger partial charge < -0.3 is 14.8 Å². The monoisotopic (exact) mass is 329 g/mol. The van der Waals surface area contributed by atoms with Gasteiger partial charge in [0, 0.05) is 20.8 Å². The molecule has 0 unspecified atom stereocenters. The molecule has 0 saturated carbocycles. The Kier molecular flexibility index (Phi) is 12.0. The SMILES string of the molecule is CC(=O)N[C@H](C)[C@@H](CCCCCCCCOC(C)=O)OC(C)=O. The fraction of sp³-hybridized carbons (Fsp3) is 0.824. The molecule has 1 N–H and O–H groups in total. The molecule has 0 bridgehead atoms. The van der Waals surface area contributed by atoms with Crippen molar-refractivity contribution in [3.05, 3.63) is 0 Å². The molecule has 6 nitrogen and oxygen atoms in total. The van der Waals surface area contributed by atoms with Gasteiger partial charge in [0.25, 0.3) is 0 Å². The van der Waals surface area contributed by atoms with Crippen LogP contribution in [0.25, 0.3) is 0 Å². The summed E-state index contributed by atoms with van der Waals surface area (Å²) < 4.78 is 10.2. The van der Waals surface area contributed by atoms with Crippen molar-refractivity contribution in [2.24, 2.45) is 0 Å². The average molecular weight is 329 g/mol. The van der Waals surface area contributed by atoms with Crippen LogP contribution in [-0.2, 0) is 23.9 Å². The number of hydrogen-bond acceptors (Lipinski definition) is 5. The van der Waals surface area contributed by atoms with Crippen LogP contribution in [0.2, 0.25) is 0 Å². The Morgan fingerprint density at radius 1 is 0.870 bits per heavy atom. The van der Waals surface area contributed by atoms with Gasteiger partial charge in [-0.2, -0.15) is 0 Å². The van der Waals surface area contributed by atoms with Crippen LogP contribution in [0.15, 0.2) is 0 Å². The third-order valence-electron chi connectivity index (χ3n) is 3.49. The molecule has 0 aliphatic heterocycles. The molecule has 6 heteroatoms. The standard InChI is InChI=1S/C17H31NO5/c1-13(18-14(2)19)17(23-16(4)21)11-9-7-5-6-8-10-12-22-15(3)20/h13,17H,5-12H2,1-4H3,(H,18,19)/t13-,17-/m1/s1. The number of carbonyl (C=O) groups is 3. The van der Waals surface area contributed by atoms with Gasteiger partial charge in [0.1, 0.15) is 6.10 Å². The van der Waals surface area contributed by atoms with E-state index in [-0.39, 0.29) is 30.0 Å². The number of carbonyl (C=O) groups excluding carboxylic acids is 3. The molecule has 0 heterocycles. The van der Waals surface area contributed by atoms with Gasteiger partial charge >= 0.3 is 11.9 Å². The van der Waals surface area contributed by atoms with Crippen molar-refractivity contribution >= 4 is 17.8 Å². The molecule has 1 amide bonds. The van der Waals surface area contributed by atoms with E-state index in [9.17, 15) is 14.4 Å². The molecule has 0 radical (unpaired) electrons. The zero-order valence-corrected chi connectivity index (χ0v) is 14.9. The molecule has 0 fully saturated rings. The Hall–Kier alpha value is -1.59. The first-order valence-electron chi connectivity index (χ1n) is 8.40. The maximum absolute atomic E-state index is 11.2. The largest absolute Gasteiger partial charge is 0.466 e. The quantitative estimate of drug-likeness (QED) is 0.440. The summed E-state index contributed by atoms with van der Waals surface area (Å²) in [6, 6.07) is -0.180. The molecule has 0 aliphatic rings. The van der Waals surface area contributed by atoms with E-state index in [1.54, 1.807) is 0 Å². The van der Waals surface area contributed by atoms with E-state index in [1.807, 2.05) is 6.92 Å². The second kappa shape index (κ2) is 12.9. The lowest BCUT2D eigenvalue weighted by Crippen LogP contribution is -2.42. The van der Waals surface area contributed by atoms with Crippen LogP contribution >= 0.6 is 0 Å². The first-order valence-corrected chi connectivity index (χ1v) is 8.40. The first-order chi connectivity index (χ1) is 10.8. The maximum atomic E-state index is 11.2. The molecule has 0 aliphatic carbocycles. The highest BCUT2D eigenvalue weighted by Gasteiger charge is 2.20. The van der Waals surface area contributed by atoms with E-state index in [4.69, 9.17) is 9.47 Å². The van der Waals surface area contributed by atoms with Crippen molar-refractivity contribution in [3.63, 3.8) is 0 Å². The molecule has 0 aromatic carbocycles. The fourth-order valence-electron chi connectivity index (χ4n) is 2.41. The van der Waals surface area contributed by atoms with Gasteiger partial charge in [0.15, 0.2) is 0 Å². The van der Waals surface area contributed by atoms with Gasteiger partial charge in [-0.25, -0.2) is 0 Å². The molecule has 134 valence electrons. The van der Waals surface area contributed by atoms with Crippen LogP contribution in [-0.4, -0.2) is 36.6 Å². The van der Waals surface area contributed by atoms with Gasteiger partial charge in [0.2, 0.25) is 5.91 Å². The lowest BCUT2D eigenvalue weighted by atomic mass is 10.0. The van der Waals surface area contributed by atoms with E-state index < -0.39 is 0 Å². The summed E-state index contributed by atoms with van der Waals surface area (Å²) in [5, 5.41) is 2.77. The number of esters is 2. The van der Waals surface area contributed by atoms with E-state index >= 15 is 0 Å². The zero-order valence-electron chi connectivity index (χ0n) is 14.9. The number of ether oxygens (including phenoxy) is 2. The summed E-state index contributed by atoms with van der Waals surface area (Å²) >= 11 is 0. The van der Waals surface area contributed by atoms with E-state index in [2.05, 4.69) is 5.32 Å². The summed E-state index contributed by atoms with van der Waals surface area (Å²) in [5.41, 5.74) is 0. The van der Waals surface area contributed by atoms with Crippen molar-refractivity contribution in [3.8, 4) is 0 Å². The Balaban J connectivity index is 3.80. The summed E-state index contributed by atoms with van der Waals surface area (Å²) in [5.74, 6) is -0.671. The van der Waals surface area contributed by atoms with Gasteiger partial charge in [-0.15, -0.1) is 0 Å². The molecular weight excluding hydrogens is 298 g/mol. The minimum atomic E-state index is -0.322. The predicted octanol–water partition coefficient (Wildman–Crippen LogP) is 2.74. The number of nitrogens with one attached hydrogen (secondary N) is 1. The second-order valence-corrected chi connectivity index (χ2v) is 5.89. The van der Waals surface area contributed by atoms with Gasteiger partial charge in [-0.3, -0.25) is 14.4 Å². The summed E-state index contributed by atoms with van der Waals surface area (Å²) in [4.78, 5) is 32.9. The smallest absolute Gasteiger partial charge is 0.302 e. The minimum absolute atomic E-state index is 0.123. The third-order valence-corrected chi connectivity index (χ3v) is 3.49. The van der Waals surface area contributed by atoms with Crippen LogP contribution < -0.4 is 5.32 Å². The van der Waals surface area contributed by atoms with E-state index in [1.165, 1.54) is 20.8 Å². The number of hydrogen-bond donors (Lipinski definition) is 1. The Morgan fingerprint density at radius 2 is 1.43 bits per heavy atom. The van der Waals surface area contributed by atoms with Crippen LogP contribution in [0.3, 0.4) is 0 Å². The molecule has 0 aromatic rings. The third kappa shape index (κ3) is 13.8. The van der Waals surface area contributed by atoms with Crippen LogP contribution in [0, 0.1) is 0 Å². The van der Waals surface area contributed by atoms with Gasteiger partial charge in [-0.05, 0) is 26.2 Å². The molecule has 0 saturated heterocycles. The van der Waals surface area contributed by atoms with Gasteiger partial charge in [0.05, 0.1) is 12.6 Å². The molecule has 0 aromatic heterocycles. The second-order valence-electron chi connectivity index (χ2n) is 5.89. The highest BCUT2D eigenvalue weighted by Crippen LogP contribution is 2.13. The van der Waals surface area contributed by atoms with Crippen molar-refractivity contribution in [2.75, 3.05) is 6.61 Å². The molecule has 2 atom stereocenters. The number of unbranched alkanes of at least 4 members (excludes halogenated alkanes) is 5. The molecular formula is C17H31NO5. The topological polar surface area (TPSA) is 81.7 Å². The number of rotatable bonds is 12. The Labute approximate surface area is 139 Å². The summed E-state index contributed by atoms with van der Waals surface area (Å²) in [7, 11) is 0. The zero-order chi connectivity index (χ0) is 17.7. The van der Waals surface area contributed by atoms with Crippen molar-refractivity contribution < 1.29 is 23.9 Å². The van der Waals surface area contributed by atoms with Crippen molar-refractivity contribution in [1.29, 1.82) is 0 Å². The molecule has 0 spiro atoms. The lowest BCUT2D eigenvalue weighted by molar-refractivity contribution is -0.149. The first kappa shape index (κ1) is 21.4. The summed E-state index contributed by atoms with van der Waals surface area (Å²) in [6.07, 6.45) is 6.61. The van der Waals surface area contributed by atoms with Crippen molar-refractivity contribution in [2.45, 2.75) is 84.8 Å². The fourth-order valence-corrected chi connectivity index (χ4v) is 2.41. The Morgan fingerprint density at radius 3 is 1.96 bits per heavy atom. The van der Waals surface area contributed by atoms with E-state index in [0.717, 1.165) is 44.9 Å². The van der Waals surface area contributed by atoms with E-state index in [0.29, 0.717) is 6.61 Å². The summed E-state index contributed by atoms with van der Waals surface area (Å²) in [6.45, 7) is 6.61. The van der Waals surface area contributed by atoms with Gasteiger partial charge in [-0.1, -0.05) is 25.7 Å². The van der Waals surface area contributed by atoms with Crippen molar-refractivity contribution in [1.82, 2.24) is 5.32 Å². The average Bonchev–Trinajstić information content (AvgIpc) is 2.42. The molecule has 23 heavy (non-hydrogen) atoms. The highest BCUT2D eigenvalue weighted by molar-refractivity contribution is 5.73. The molecule has 0 rings (SSSR count). The Bertz CT molecular complexity index is 370. The van der Waals surface area contributed by atoms with Crippen LogP contribution in [0.1, 0.15) is 72.6 Å². The van der Waals surface area contributed by atoms with Crippen LogP contribution in [0.4, 0.5) is 0 Å². The number of amides is 1. The highest BCUT2D eigenvalue weighted by atomic mass is 16.5. The van der Waals surface area contributed by atoms with Crippen LogP contribution in [0.5, 0.6) is 0 Å².